The first-order valence-electron chi connectivity index (χ1n) is 5.73. The molecule has 2 heterocycles. The molecule has 1 aliphatic carbocycles. The van der Waals surface area contributed by atoms with Gasteiger partial charge in [-0.25, -0.2) is 0 Å². The summed E-state index contributed by atoms with van der Waals surface area (Å²) in [6.45, 7) is 4.39. The molecule has 0 saturated carbocycles. The third-order valence-electron chi connectivity index (χ3n) is 3.37. The maximum atomic E-state index is 10.2. The van der Waals surface area contributed by atoms with E-state index >= 15 is 0 Å². The number of aliphatic hydroxyl groups is 1. The first-order chi connectivity index (χ1) is 8.07. The van der Waals surface area contributed by atoms with Crippen LogP contribution in [0.5, 0.6) is 0 Å². The van der Waals surface area contributed by atoms with Gasteiger partial charge in [-0.3, -0.25) is 0 Å². The van der Waals surface area contributed by atoms with Gasteiger partial charge in [0.05, 0.1) is 12.3 Å². The number of hydrogen-bond donors (Lipinski definition) is 1. The molecule has 2 aromatic rings. The third-order valence-corrected chi connectivity index (χ3v) is 4.03. The fourth-order valence-electron chi connectivity index (χ4n) is 2.60. The largest absolute Gasteiger partial charge is 0.388 e. The van der Waals surface area contributed by atoms with Crippen LogP contribution in [0.1, 0.15) is 37.6 Å². The minimum atomic E-state index is -0.351. The van der Waals surface area contributed by atoms with Crippen LogP contribution in [0.3, 0.4) is 0 Å². The molecule has 1 aliphatic rings. The van der Waals surface area contributed by atoms with Crippen molar-refractivity contribution in [2.45, 2.75) is 32.8 Å². The molecule has 90 valence electrons. The van der Waals surface area contributed by atoms with E-state index in [-0.39, 0.29) is 11.5 Å². The van der Waals surface area contributed by atoms with E-state index in [1.807, 2.05) is 12.3 Å². The van der Waals surface area contributed by atoms with Gasteiger partial charge in [-0.15, -0.1) is 5.10 Å². The highest BCUT2D eigenvalue weighted by atomic mass is 32.1. The van der Waals surface area contributed by atoms with Crippen LogP contribution in [0.15, 0.2) is 18.5 Å². The van der Waals surface area contributed by atoms with E-state index in [4.69, 9.17) is 0 Å². The molecule has 0 aromatic carbocycles. The molecule has 4 nitrogen and oxygen atoms in total. The van der Waals surface area contributed by atoms with E-state index in [0.29, 0.717) is 0 Å². The zero-order chi connectivity index (χ0) is 12.0. The lowest BCUT2D eigenvalue weighted by Crippen LogP contribution is -2.26. The zero-order valence-electron chi connectivity index (χ0n) is 9.92. The molecule has 1 atom stereocenters. The average molecular weight is 249 g/mol. The quantitative estimate of drug-likeness (QED) is 0.844. The second-order valence-electron chi connectivity index (χ2n) is 5.40. The minimum Gasteiger partial charge on any atom is -0.388 e. The van der Waals surface area contributed by atoms with Crippen LogP contribution < -0.4 is 0 Å². The molecule has 0 saturated heterocycles. The molecule has 1 unspecified atom stereocenters. The maximum absolute atomic E-state index is 10.2. The number of aromatic nitrogens is 3. The predicted molar refractivity (Wildman–Crippen MR) is 66.3 cm³/mol. The Morgan fingerprint density at radius 1 is 1.53 bits per heavy atom. The fraction of sp³-hybridized carbons (Fsp3) is 0.500. The van der Waals surface area contributed by atoms with E-state index < -0.39 is 0 Å². The second kappa shape index (κ2) is 3.65. The smallest absolute Gasteiger partial charge is 0.140 e. The zero-order valence-corrected chi connectivity index (χ0v) is 10.7. The van der Waals surface area contributed by atoms with Gasteiger partial charge in [-0.2, -0.15) is 0 Å². The summed E-state index contributed by atoms with van der Waals surface area (Å²) < 4.78 is 5.99. The first-order valence-corrected chi connectivity index (χ1v) is 6.50. The summed E-state index contributed by atoms with van der Waals surface area (Å²) in [5.41, 5.74) is 2.39. The Hall–Kier alpha value is -1.20. The maximum Gasteiger partial charge on any atom is 0.140 e. The Morgan fingerprint density at radius 2 is 2.35 bits per heavy atom. The highest BCUT2D eigenvalue weighted by Gasteiger charge is 2.33. The molecule has 1 N–H and O–H groups in total. The number of hydrogen-bond acceptors (Lipinski definition) is 4. The predicted octanol–water partition coefficient (Wildman–Crippen LogP) is 2.33. The summed E-state index contributed by atoms with van der Waals surface area (Å²) in [4.78, 5) is 0. The van der Waals surface area contributed by atoms with Crippen LogP contribution in [0, 0.1) is 5.41 Å². The topological polar surface area (TPSA) is 50.9 Å². The summed E-state index contributed by atoms with van der Waals surface area (Å²) >= 11 is 1.38. The van der Waals surface area contributed by atoms with Gasteiger partial charge in [-0.05, 0) is 24.3 Å². The standard InChI is InChI=1S/C12H15N3OS/c1-12(2)5-9-8(10(16)6-12)3-4-15(9)11-7-13-14-17-11/h3-4,7,10,16H,5-6H2,1-2H3. The van der Waals surface area contributed by atoms with Crippen LogP contribution in [-0.4, -0.2) is 19.3 Å². The molecule has 2 aromatic heterocycles. The van der Waals surface area contributed by atoms with Crippen molar-refractivity contribution in [2.24, 2.45) is 5.41 Å². The van der Waals surface area contributed by atoms with Crippen molar-refractivity contribution in [3.05, 3.63) is 29.7 Å². The lowest BCUT2D eigenvalue weighted by molar-refractivity contribution is 0.0987. The first kappa shape index (κ1) is 10.9. The van der Waals surface area contributed by atoms with E-state index in [2.05, 4.69) is 28.0 Å². The van der Waals surface area contributed by atoms with E-state index in [9.17, 15) is 5.11 Å². The van der Waals surface area contributed by atoms with Crippen LogP contribution >= 0.6 is 11.5 Å². The van der Waals surface area contributed by atoms with Gasteiger partial charge in [0.25, 0.3) is 0 Å². The molecule has 3 rings (SSSR count). The van der Waals surface area contributed by atoms with Crippen LogP contribution in [0.4, 0.5) is 0 Å². The van der Waals surface area contributed by atoms with Gasteiger partial charge in [0.2, 0.25) is 0 Å². The van der Waals surface area contributed by atoms with E-state index in [1.54, 1.807) is 6.20 Å². The van der Waals surface area contributed by atoms with Crippen molar-refractivity contribution in [1.82, 2.24) is 14.2 Å². The molecular weight excluding hydrogens is 234 g/mol. The van der Waals surface area contributed by atoms with Crippen molar-refractivity contribution in [3.63, 3.8) is 0 Å². The highest BCUT2D eigenvalue weighted by Crippen LogP contribution is 2.41. The van der Waals surface area contributed by atoms with Crippen molar-refractivity contribution in [3.8, 4) is 5.00 Å². The number of rotatable bonds is 1. The van der Waals surface area contributed by atoms with Gasteiger partial charge < -0.3 is 9.67 Å². The summed E-state index contributed by atoms with van der Waals surface area (Å²) in [6, 6.07) is 2.01. The van der Waals surface area contributed by atoms with Crippen molar-refractivity contribution >= 4 is 11.5 Å². The monoisotopic (exact) mass is 249 g/mol. The van der Waals surface area contributed by atoms with Crippen LogP contribution in [0.25, 0.3) is 5.00 Å². The Morgan fingerprint density at radius 3 is 3.06 bits per heavy atom. The molecular formula is C12H15N3OS. The Kier molecular flexibility index (Phi) is 2.34. The van der Waals surface area contributed by atoms with Crippen LogP contribution in [0.2, 0.25) is 0 Å². The Bertz CT molecular complexity index is 530. The Labute approximate surface area is 104 Å². The van der Waals surface area contributed by atoms with Crippen molar-refractivity contribution < 1.29 is 5.11 Å². The Balaban J connectivity index is 2.11. The summed E-state index contributed by atoms with van der Waals surface area (Å²) in [5, 5.41) is 15.0. The molecule has 0 aliphatic heterocycles. The molecule has 0 amide bonds. The second-order valence-corrected chi connectivity index (χ2v) is 6.17. The van der Waals surface area contributed by atoms with Gasteiger partial charge in [0.15, 0.2) is 0 Å². The third kappa shape index (κ3) is 1.79. The van der Waals surface area contributed by atoms with Gasteiger partial charge in [0.1, 0.15) is 5.00 Å². The van der Waals surface area contributed by atoms with Crippen LogP contribution in [-0.2, 0) is 6.42 Å². The molecule has 0 bridgehead atoms. The number of nitrogens with zero attached hydrogens (tertiary/aromatic N) is 3. The molecule has 17 heavy (non-hydrogen) atoms. The number of aliphatic hydroxyl groups excluding tert-OH is 1. The summed E-state index contributed by atoms with van der Waals surface area (Å²) in [6.07, 6.45) is 5.22. The van der Waals surface area contributed by atoms with Crippen molar-refractivity contribution in [1.29, 1.82) is 0 Å². The molecule has 5 heteroatoms. The normalized spacial score (nSPS) is 22.4. The SMILES string of the molecule is CC1(C)Cc2c(ccn2-c2cnns2)C(O)C1. The minimum absolute atomic E-state index is 0.140. The van der Waals surface area contributed by atoms with E-state index in [0.717, 1.165) is 23.4 Å². The van der Waals surface area contributed by atoms with Gasteiger partial charge in [0, 0.05) is 29.0 Å². The molecule has 0 spiro atoms. The van der Waals surface area contributed by atoms with E-state index in [1.165, 1.54) is 17.2 Å². The number of fused-ring (bicyclic) bond motifs is 1. The van der Waals surface area contributed by atoms with Gasteiger partial charge >= 0.3 is 0 Å². The highest BCUT2D eigenvalue weighted by molar-refractivity contribution is 7.08. The van der Waals surface area contributed by atoms with Crippen molar-refractivity contribution in [2.75, 3.05) is 0 Å². The summed E-state index contributed by atoms with van der Waals surface area (Å²) in [5.74, 6) is 0. The summed E-state index contributed by atoms with van der Waals surface area (Å²) in [7, 11) is 0. The lowest BCUT2D eigenvalue weighted by Gasteiger charge is -2.33. The lowest BCUT2D eigenvalue weighted by atomic mass is 9.75. The average Bonchev–Trinajstić information content (AvgIpc) is 2.82. The molecule has 0 fully saturated rings. The molecule has 0 radical (unpaired) electrons. The fourth-order valence-corrected chi connectivity index (χ4v) is 3.14. The van der Waals surface area contributed by atoms with Gasteiger partial charge in [-0.1, -0.05) is 18.3 Å².